The summed E-state index contributed by atoms with van der Waals surface area (Å²) in [5.41, 5.74) is 8.99. The van der Waals surface area contributed by atoms with Crippen molar-refractivity contribution in [3.05, 3.63) is 163 Å². The van der Waals surface area contributed by atoms with Gasteiger partial charge in [0.2, 0.25) is 0 Å². The van der Waals surface area contributed by atoms with E-state index in [4.69, 9.17) is 0 Å². The highest BCUT2D eigenvalue weighted by molar-refractivity contribution is 6.14. The maximum Gasteiger partial charge on any atom is 0.101 e. The van der Waals surface area contributed by atoms with Gasteiger partial charge in [0.1, 0.15) is 12.1 Å². The summed E-state index contributed by atoms with van der Waals surface area (Å²) in [6.07, 6.45) is 0. The molecule has 3 heterocycles. The molecule has 0 saturated heterocycles. The number of nitriles is 2. The van der Waals surface area contributed by atoms with Crippen LogP contribution in [0.5, 0.6) is 0 Å². The molecule has 0 aliphatic carbocycles. The molecule has 0 radical (unpaired) electrons. The largest absolute Gasteiger partial charge is 0.306 e. The molecule has 0 aliphatic heterocycles. The predicted molar refractivity (Wildman–Crippen MR) is 199 cm³/mol. The molecule has 10 aromatic rings. The van der Waals surface area contributed by atoms with Gasteiger partial charge in [0.25, 0.3) is 0 Å². The van der Waals surface area contributed by atoms with Crippen LogP contribution in [0.3, 0.4) is 0 Å². The third kappa shape index (κ3) is 3.62. The summed E-state index contributed by atoms with van der Waals surface area (Å²) in [6.45, 7) is 0. The van der Waals surface area contributed by atoms with Gasteiger partial charge in [0.15, 0.2) is 0 Å². The van der Waals surface area contributed by atoms with Crippen molar-refractivity contribution in [2.45, 2.75) is 0 Å². The molecule has 5 nitrogen and oxygen atoms in total. The van der Waals surface area contributed by atoms with Crippen molar-refractivity contribution in [3.63, 3.8) is 0 Å². The Balaban J connectivity index is 1.54. The van der Waals surface area contributed by atoms with E-state index < -0.39 is 0 Å². The highest BCUT2D eigenvalue weighted by Gasteiger charge is 2.29. The van der Waals surface area contributed by atoms with Crippen LogP contribution in [0.25, 0.3) is 82.5 Å². The lowest BCUT2D eigenvalue weighted by atomic mass is 10.0. The summed E-state index contributed by atoms with van der Waals surface area (Å²) in [5, 5.41) is 28.6. The number of nitrogens with zero attached hydrogens (tertiary/aromatic N) is 5. The average Bonchev–Trinajstić information content (AvgIpc) is 3.80. The quantitative estimate of drug-likeness (QED) is 0.197. The Bertz CT molecular complexity index is 2770. The molecule has 3 aromatic heterocycles. The van der Waals surface area contributed by atoms with Gasteiger partial charge in [-0.2, -0.15) is 10.5 Å². The van der Waals surface area contributed by atoms with Crippen molar-refractivity contribution >= 4 is 65.4 Å². The predicted octanol–water partition coefficient (Wildman–Crippen LogP) is 10.7. The van der Waals surface area contributed by atoms with E-state index in [9.17, 15) is 10.5 Å². The van der Waals surface area contributed by atoms with Crippen molar-refractivity contribution in [3.8, 4) is 29.2 Å². The van der Waals surface area contributed by atoms with Gasteiger partial charge in [-0.1, -0.05) is 109 Å². The third-order valence-corrected chi connectivity index (χ3v) is 9.90. The van der Waals surface area contributed by atoms with Crippen LogP contribution in [-0.2, 0) is 0 Å². The van der Waals surface area contributed by atoms with Crippen LogP contribution in [0, 0.1) is 22.7 Å². The molecule has 0 bridgehead atoms. The highest BCUT2D eigenvalue weighted by Crippen LogP contribution is 2.45. The summed E-state index contributed by atoms with van der Waals surface area (Å²) in [5.74, 6) is 0. The van der Waals surface area contributed by atoms with Gasteiger partial charge in [-0.15, -0.1) is 0 Å². The molecule has 7 aromatic carbocycles. The van der Waals surface area contributed by atoms with Crippen LogP contribution >= 0.6 is 0 Å². The fourth-order valence-electron chi connectivity index (χ4n) is 7.97. The van der Waals surface area contributed by atoms with Crippen molar-refractivity contribution in [1.82, 2.24) is 13.7 Å². The maximum absolute atomic E-state index is 11.0. The fourth-order valence-corrected chi connectivity index (χ4v) is 7.97. The van der Waals surface area contributed by atoms with Crippen molar-refractivity contribution in [1.29, 1.82) is 10.5 Å². The van der Waals surface area contributed by atoms with E-state index in [2.05, 4.69) is 147 Å². The Morgan fingerprint density at radius 3 is 0.776 bits per heavy atom. The molecule has 10 rings (SSSR count). The van der Waals surface area contributed by atoms with E-state index in [0.29, 0.717) is 11.1 Å². The number of hydrogen-bond acceptors (Lipinski definition) is 2. The molecular weight excluding hydrogens is 599 g/mol. The topological polar surface area (TPSA) is 62.4 Å². The molecule has 0 fully saturated rings. The molecule has 5 heteroatoms. The second-order valence-electron chi connectivity index (χ2n) is 12.4. The van der Waals surface area contributed by atoms with Gasteiger partial charge in [0, 0.05) is 32.3 Å². The van der Waals surface area contributed by atoms with Crippen LogP contribution in [0.15, 0.2) is 152 Å². The van der Waals surface area contributed by atoms with Gasteiger partial charge < -0.3 is 13.7 Å². The highest BCUT2D eigenvalue weighted by atomic mass is 15.1. The van der Waals surface area contributed by atoms with Crippen molar-refractivity contribution < 1.29 is 0 Å². The molecule has 0 spiro atoms. The van der Waals surface area contributed by atoms with E-state index in [1.165, 1.54) is 0 Å². The van der Waals surface area contributed by atoms with Gasteiger partial charge in [0.05, 0.1) is 61.3 Å². The standard InChI is InChI=1S/C44H25N5/c45-26-28-25-29(27-46)43(48-38-21-9-3-15-32(38)33-16-4-10-22-39(33)48)44(49-40-23-11-5-17-34(40)35-18-6-12-24-41(35)49)42(28)47-36-19-7-1-13-30(36)31-14-2-8-20-37(31)47/h1-25H. The summed E-state index contributed by atoms with van der Waals surface area (Å²) in [4.78, 5) is 0. The number of para-hydroxylation sites is 6. The van der Waals surface area contributed by atoms with Gasteiger partial charge >= 0.3 is 0 Å². The Hall–Kier alpha value is -7.08. The summed E-state index contributed by atoms with van der Waals surface area (Å²) >= 11 is 0. The minimum Gasteiger partial charge on any atom is -0.306 e. The Morgan fingerprint density at radius 2 is 0.531 bits per heavy atom. The first-order valence-corrected chi connectivity index (χ1v) is 16.3. The van der Waals surface area contributed by atoms with E-state index in [1.54, 1.807) is 6.07 Å². The normalized spacial score (nSPS) is 11.6. The first kappa shape index (κ1) is 27.1. The van der Waals surface area contributed by atoms with E-state index in [-0.39, 0.29) is 0 Å². The number of hydrogen-bond donors (Lipinski definition) is 0. The number of fused-ring (bicyclic) bond motifs is 9. The molecule has 0 unspecified atom stereocenters. The number of benzene rings is 7. The molecule has 49 heavy (non-hydrogen) atoms. The lowest BCUT2D eigenvalue weighted by molar-refractivity contribution is 1.04. The first-order valence-electron chi connectivity index (χ1n) is 16.3. The zero-order valence-corrected chi connectivity index (χ0v) is 26.2. The van der Waals surface area contributed by atoms with Crippen LogP contribution < -0.4 is 0 Å². The van der Waals surface area contributed by atoms with Gasteiger partial charge in [-0.05, 0) is 42.5 Å². The zero-order chi connectivity index (χ0) is 32.6. The Morgan fingerprint density at radius 1 is 0.306 bits per heavy atom. The minimum atomic E-state index is 0.421. The summed E-state index contributed by atoms with van der Waals surface area (Å²) in [7, 11) is 0. The maximum atomic E-state index is 11.0. The molecule has 0 N–H and O–H groups in total. The van der Waals surface area contributed by atoms with E-state index in [1.807, 2.05) is 24.3 Å². The lowest BCUT2D eigenvalue weighted by Gasteiger charge is -2.24. The molecule has 0 atom stereocenters. The summed E-state index contributed by atoms with van der Waals surface area (Å²) < 4.78 is 6.71. The van der Waals surface area contributed by atoms with Crippen LogP contribution in [0.4, 0.5) is 0 Å². The molecule has 0 amide bonds. The van der Waals surface area contributed by atoms with Crippen molar-refractivity contribution in [2.24, 2.45) is 0 Å². The zero-order valence-electron chi connectivity index (χ0n) is 26.2. The van der Waals surface area contributed by atoms with Gasteiger partial charge in [-0.25, -0.2) is 0 Å². The van der Waals surface area contributed by atoms with Crippen LogP contribution in [0.1, 0.15) is 11.1 Å². The number of aromatic nitrogens is 3. The second kappa shape index (κ2) is 10.2. The number of rotatable bonds is 3. The molecular formula is C44H25N5. The Labute approximate surface area is 280 Å². The molecule has 0 saturated carbocycles. The van der Waals surface area contributed by atoms with Gasteiger partial charge in [-0.3, -0.25) is 0 Å². The second-order valence-corrected chi connectivity index (χ2v) is 12.4. The minimum absolute atomic E-state index is 0.421. The monoisotopic (exact) mass is 623 g/mol. The molecule has 0 aliphatic rings. The average molecular weight is 624 g/mol. The van der Waals surface area contributed by atoms with Crippen LogP contribution in [0.2, 0.25) is 0 Å². The van der Waals surface area contributed by atoms with E-state index >= 15 is 0 Å². The van der Waals surface area contributed by atoms with Crippen molar-refractivity contribution in [2.75, 3.05) is 0 Å². The SMILES string of the molecule is N#Cc1cc(C#N)c(-n2c3ccccc3c3ccccc32)c(-n2c3ccccc3c3ccccc32)c1-n1c2ccccc2c2ccccc21. The Kier molecular flexibility index (Phi) is 5.64. The third-order valence-electron chi connectivity index (χ3n) is 9.90. The smallest absolute Gasteiger partial charge is 0.101 e. The van der Waals surface area contributed by atoms with E-state index in [0.717, 1.165) is 82.5 Å². The summed E-state index contributed by atoms with van der Waals surface area (Å²) in [6, 6.07) is 57.0. The van der Waals surface area contributed by atoms with Crippen LogP contribution in [-0.4, -0.2) is 13.7 Å². The lowest BCUT2D eigenvalue weighted by Crippen LogP contribution is -2.13. The first-order chi connectivity index (χ1) is 24.3. The fraction of sp³-hybridized carbons (Fsp3) is 0. The molecule has 226 valence electrons.